The summed E-state index contributed by atoms with van der Waals surface area (Å²) in [6.07, 6.45) is 1.40. The zero-order valence-electron chi connectivity index (χ0n) is 7.04. The molecule has 0 saturated heterocycles. The molecule has 0 spiro atoms. The van der Waals surface area contributed by atoms with E-state index in [1.165, 1.54) is 26.6 Å². The second-order valence-electron chi connectivity index (χ2n) is 3.29. The molecule has 0 fully saturated rings. The predicted octanol–water partition coefficient (Wildman–Crippen LogP) is -0.678. The summed E-state index contributed by atoms with van der Waals surface area (Å²) in [5.74, 6) is 0. The van der Waals surface area contributed by atoms with Crippen LogP contribution in [-0.2, 0) is 6.42 Å². The first-order valence-corrected chi connectivity index (χ1v) is 9.79. The first kappa shape index (κ1) is 7.72. The van der Waals surface area contributed by atoms with Crippen molar-refractivity contribution in [1.82, 2.24) is 0 Å². The van der Waals surface area contributed by atoms with Crippen LogP contribution < -0.4 is 5.30 Å². The van der Waals surface area contributed by atoms with Gasteiger partial charge in [0.2, 0.25) is 0 Å². The van der Waals surface area contributed by atoms with E-state index in [0.717, 1.165) is 5.28 Å². The van der Waals surface area contributed by atoms with Gasteiger partial charge < -0.3 is 0 Å². The van der Waals surface area contributed by atoms with Crippen LogP contribution in [0.15, 0.2) is 24.3 Å². The molecule has 1 aromatic carbocycles. The lowest BCUT2D eigenvalue weighted by molar-refractivity contribution is 1.13. The highest BCUT2D eigenvalue weighted by Crippen LogP contribution is 2.41. The average molecular weight is 196 g/mol. The SMILES string of the molecule is [SiH3]C1Cc2ccccc2P1[SiH3]. The number of hydrogen-bond acceptors (Lipinski definition) is 0. The van der Waals surface area contributed by atoms with Gasteiger partial charge in [-0.1, -0.05) is 31.7 Å². The highest BCUT2D eigenvalue weighted by atomic mass is 31.4. The van der Waals surface area contributed by atoms with Gasteiger partial charge in [0.25, 0.3) is 0 Å². The lowest BCUT2D eigenvalue weighted by atomic mass is 10.2. The molecule has 0 saturated carbocycles. The van der Waals surface area contributed by atoms with Crippen LogP contribution in [0.1, 0.15) is 5.56 Å². The van der Waals surface area contributed by atoms with Gasteiger partial charge in [-0.3, -0.25) is 0 Å². The Morgan fingerprint density at radius 2 is 2.09 bits per heavy atom. The van der Waals surface area contributed by atoms with E-state index in [1.807, 2.05) is 0 Å². The summed E-state index contributed by atoms with van der Waals surface area (Å²) in [6.45, 7) is 0. The van der Waals surface area contributed by atoms with Crippen molar-refractivity contribution >= 4 is 32.9 Å². The molecule has 0 N–H and O–H groups in total. The molecule has 0 nitrogen and oxygen atoms in total. The lowest BCUT2D eigenvalue weighted by Gasteiger charge is -2.09. The zero-order valence-corrected chi connectivity index (χ0v) is 11.9. The van der Waals surface area contributed by atoms with Crippen LogP contribution in [0.3, 0.4) is 0 Å². The van der Waals surface area contributed by atoms with Crippen molar-refractivity contribution < 1.29 is 0 Å². The summed E-state index contributed by atoms with van der Waals surface area (Å²) < 4.78 is 0. The zero-order chi connectivity index (χ0) is 7.84. The van der Waals surface area contributed by atoms with E-state index in [4.69, 9.17) is 0 Å². The third-order valence-electron chi connectivity index (χ3n) is 2.55. The first-order chi connectivity index (χ1) is 5.29. The second-order valence-corrected chi connectivity index (χ2v) is 11.1. The first-order valence-electron chi connectivity index (χ1n) is 4.10. The van der Waals surface area contributed by atoms with Crippen LogP contribution in [0.4, 0.5) is 0 Å². The van der Waals surface area contributed by atoms with E-state index in [-0.39, 0.29) is 0 Å². The molecule has 2 unspecified atom stereocenters. The maximum absolute atomic E-state index is 2.35. The van der Waals surface area contributed by atoms with Crippen molar-refractivity contribution in [3.05, 3.63) is 29.8 Å². The average Bonchev–Trinajstić information content (AvgIpc) is 2.30. The standard InChI is InChI=1S/C8H13PSi2/c10-8-5-6-3-1-2-4-7(6)9(8)11/h1-4,8H,5H2,10-11H3. The maximum atomic E-state index is 2.35. The Morgan fingerprint density at radius 3 is 2.82 bits per heavy atom. The van der Waals surface area contributed by atoms with Gasteiger partial charge in [0.05, 0.1) is 0 Å². The van der Waals surface area contributed by atoms with Crippen molar-refractivity contribution in [2.24, 2.45) is 0 Å². The van der Waals surface area contributed by atoms with Crippen LogP contribution in [0.5, 0.6) is 0 Å². The van der Waals surface area contributed by atoms with Crippen LogP contribution in [0.25, 0.3) is 0 Å². The molecule has 1 aliphatic rings. The second kappa shape index (κ2) is 2.85. The van der Waals surface area contributed by atoms with Gasteiger partial charge in [-0.05, 0) is 22.6 Å². The minimum absolute atomic E-state index is 0.359. The van der Waals surface area contributed by atoms with E-state index in [2.05, 4.69) is 24.3 Å². The van der Waals surface area contributed by atoms with E-state index in [1.54, 1.807) is 10.9 Å². The molecule has 2 rings (SSSR count). The summed E-state index contributed by atoms with van der Waals surface area (Å²) in [5, 5.41) is 2.84. The van der Waals surface area contributed by atoms with Gasteiger partial charge in [-0.25, -0.2) is 0 Å². The summed E-state index contributed by atoms with van der Waals surface area (Å²) in [4.78, 5) is 0. The fourth-order valence-corrected chi connectivity index (χ4v) is 6.74. The molecular weight excluding hydrogens is 183 g/mol. The van der Waals surface area contributed by atoms with Crippen molar-refractivity contribution in [3.8, 4) is 0 Å². The van der Waals surface area contributed by atoms with E-state index in [0.29, 0.717) is 7.47 Å². The highest BCUT2D eigenvalue weighted by Gasteiger charge is 2.23. The molecule has 0 aliphatic carbocycles. The molecule has 0 amide bonds. The molecule has 58 valence electrons. The molecule has 2 atom stereocenters. The minimum Gasteiger partial charge on any atom is -0.0991 e. The van der Waals surface area contributed by atoms with Gasteiger partial charge >= 0.3 is 0 Å². The largest absolute Gasteiger partial charge is 0.0991 e. The van der Waals surface area contributed by atoms with Crippen molar-refractivity contribution in [2.75, 3.05) is 0 Å². The number of fused-ring (bicyclic) bond motifs is 1. The number of rotatable bonds is 0. The van der Waals surface area contributed by atoms with Crippen molar-refractivity contribution in [1.29, 1.82) is 0 Å². The van der Waals surface area contributed by atoms with Gasteiger partial charge in [-0.15, -0.1) is 0 Å². The van der Waals surface area contributed by atoms with Crippen LogP contribution in [0, 0.1) is 0 Å². The maximum Gasteiger partial charge on any atom is 0.0383 e. The quantitative estimate of drug-likeness (QED) is 0.381. The number of benzene rings is 1. The van der Waals surface area contributed by atoms with Gasteiger partial charge in [-0.2, -0.15) is 0 Å². The fourth-order valence-electron chi connectivity index (χ4n) is 1.72. The Labute approximate surface area is 74.8 Å². The third kappa shape index (κ3) is 1.24. The van der Waals surface area contributed by atoms with Crippen molar-refractivity contribution in [3.63, 3.8) is 0 Å². The smallest absolute Gasteiger partial charge is 0.0383 e. The monoisotopic (exact) mass is 196 g/mol. The van der Waals surface area contributed by atoms with Crippen LogP contribution >= 0.6 is 7.47 Å². The fraction of sp³-hybridized carbons (Fsp3) is 0.250. The van der Waals surface area contributed by atoms with Gasteiger partial charge in [0, 0.05) is 20.2 Å². The molecule has 11 heavy (non-hydrogen) atoms. The van der Waals surface area contributed by atoms with Crippen molar-refractivity contribution in [2.45, 2.75) is 11.7 Å². The molecular formula is C8H13PSi2. The molecule has 1 heterocycles. The van der Waals surface area contributed by atoms with E-state index < -0.39 is 0 Å². The summed E-state index contributed by atoms with van der Waals surface area (Å²) in [5.41, 5.74) is 1.66. The van der Waals surface area contributed by atoms with Gasteiger partial charge in [0.15, 0.2) is 0 Å². The molecule has 3 heteroatoms. The van der Waals surface area contributed by atoms with E-state index in [9.17, 15) is 0 Å². The van der Waals surface area contributed by atoms with Crippen LogP contribution in [-0.4, -0.2) is 25.4 Å². The van der Waals surface area contributed by atoms with Crippen LogP contribution in [0.2, 0.25) is 0 Å². The lowest BCUT2D eigenvalue weighted by Crippen LogP contribution is -2.03. The Morgan fingerprint density at radius 1 is 1.36 bits per heavy atom. The highest BCUT2D eigenvalue weighted by molar-refractivity contribution is 7.90. The Kier molecular flexibility index (Phi) is 2.00. The summed E-state index contributed by atoms with van der Waals surface area (Å²) >= 11 is 0. The molecule has 0 aromatic heterocycles. The van der Waals surface area contributed by atoms with Gasteiger partial charge in [0.1, 0.15) is 0 Å². The Hall–Kier alpha value is 0.0838. The molecule has 1 aliphatic heterocycles. The Balaban J connectivity index is 2.47. The van der Waals surface area contributed by atoms with E-state index >= 15 is 0 Å². The predicted molar refractivity (Wildman–Crippen MR) is 60.4 cm³/mol. The third-order valence-corrected chi connectivity index (χ3v) is 15.2. The molecule has 0 radical (unpaired) electrons. The molecule has 0 bridgehead atoms. The topological polar surface area (TPSA) is 0 Å². The summed E-state index contributed by atoms with van der Waals surface area (Å²) in [6, 6.07) is 9.06. The normalized spacial score (nSPS) is 29.1. The Bertz CT molecular complexity index is 275. The number of hydrogen-bond donors (Lipinski definition) is 0. The summed E-state index contributed by atoms with van der Waals surface area (Å²) in [7, 11) is 3.18. The molecule has 1 aromatic rings. The minimum atomic E-state index is 0.359.